The molecular formula is C12H14BrClN4O2S. The molecule has 114 valence electrons. The van der Waals surface area contributed by atoms with Crippen LogP contribution in [-0.4, -0.2) is 28.6 Å². The highest BCUT2D eigenvalue weighted by Crippen LogP contribution is 2.27. The molecule has 2 aromatic heterocycles. The van der Waals surface area contributed by atoms with E-state index in [0.29, 0.717) is 11.7 Å². The number of rotatable bonds is 4. The minimum absolute atomic E-state index is 0. The number of nitrogens with zero attached hydrogens (tertiary/aromatic N) is 2. The van der Waals surface area contributed by atoms with Crippen molar-refractivity contribution in [2.24, 2.45) is 0 Å². The topological polar surface area (TPSA) is 80.1 Å². The molecule has 0 radical (unpaired) electrons. The van der Waals surface area contributed by atoms with Crippen molar-refractivity contribution in [3.05, 3.63) is 21.8 Å². The molecule has 0 saturated carbocycles. The molecule has 1 atom stereocenters. The highest BCUT2D eigenvalue weighted by Gasteiger charge is 2.22. The van der Waals surface area contributed by atoms with E-state index in [4.69, 9.17) is 4.52 Å². The quantitative estimate of drug-likeness (QED) is 0.833. The summed E-state index contributed by atoms with van der Waals surface area (Å²) in [6.45, 7) is 1.16. The molecule has 1 saturated heterocycles. The fourth-order valence-corrected chi connectivity index (χ4v) is 3.40. The summed E-state index contributed by atoms with van der Waals surface area (Å²) in [5, 5.41) is 11.8. The first-order valence-corrected chi connectivity index (χ1v) is 7.98. The van der Waals surface area contributed by atoms with E-state index in [0.717, 1.165) is 28.7 Å². The predicted octanol–water partition coefficient (Wildman–Crippen LogP) is 2.35. The van der Waals surface area contributed by atoms with Crippen molar-refractivity contribution in [3.63, 3.8) is 0 Å². The second-order valence-electron chi connectivity index (χ2n) is 4.51. The van der Waals surface area contributed by atoms with Crippen LogP contribution in [0.3, 0.4) is 0 Å². The maximum atomic E-state index is 11.8. The van der Waals surface area contributed by atoms with Gasteiger partial charge in [-0.05, 0) is 41.4 Å². The smallest absolute Gasteiger partial charge is 0.246 e. The average Bonchev–Trinajstić information content (AvgIpc) is 3.16. The Bertz CT molecular complexity index is 612. The summed E-state index contributed by atoms with van der Waals surface area (Å²) < 4.78 is 6.13. The predicted molar refractivity (Wildman–Crippen MR) is 85.4 cm³/mol. The van der Waals surface area contributed by atoms with Gasteiger partial charge < -0.3 is 15.2 Å². The number of hydrogen-bond donors (Lipinski definition) is 2. The van der Waals surface area contributed by atoms with Gasteiger partial charge in [0.1, 0.15) is 0 Å². The summed E-state index contributed by atoms with van der Waals surface area (Å²) in [5.74, 6) is 0.945. The van der Waals surface area contributed by atoms with Crippen LogP contribution in [0.2, 0.25) is 0 Å². The Morgan fingerprint density at radius 2 is 2.48 bits per heavy atom. The molecule has 0 aromatic carbocycles. The summed E-state index contributed by atoms with van der Waals surface area (Å²) in [7, 11) is 0. The molecule has 1 amide bonds. The SMILES string of the molecule is Cl.O=C(NCc1nc(-c2cc(Br)cs2)no1)C1CCCN1. The van der Waals surface area contributed by atoms with Crippen LogP contribution in [0.25, 0.3) is 10.7 Å². The summed E-state index contributed by atoms with van der Waals surface area (Å²) in [6.07, 6.45) is 1.92. The molecule has 6 nitrogen and oxygen atoms in total. The van der Waals surface area contributed by atoms with Crippen LogP contribution >= 0.6 is 39.7 Å². The third kappa shape index (κ3) is 4.03. The van der Waals surface area contributed by atoms with E-state index in [1.54, 1.807) is 0 Å². The fourth-order valence-electron chi connectivity index (χ4n) is 2.05. The van der Waals surface area contributed by atoms with Gasteiger partial charge in [0.2, 0.25) is 17.6 Å². The van der Waals surface area contributed by atoms with E-state index in [1.165, 1.54) is 11.3 Å². The molecule has 0 aliphatic carbocycles. The molecule has 2 aromatic rings. The lowest BCUT2D eigenvalue weighted by Gasteiger charge is -2.08. The van der Waals surface area contributed by atoms with Gasteiger partial charge in [0, 0.05) is 9.85 Å². The van der Waals surface area contributed by atoms with Crippen LogP contribution in [-0.2, 0) is 11.3 Å². The van der Waals surface area contributed by atoms with Gasteiger partial charge in [-0.2, -0.15) is 4.98 Å². The molecule has 3 rings (SSSR count). The van der Waals surface area contributed by atoms with Crippen LogP contribution in [0.4, 0.5) is 0 Å². The molecule has 2 N–H and O–H groups in total. The van der Waals surface area contributed by atoms with Crippen LogP contribution in [0, 0.1) is 0 Å². The molecular weight excluding hydrogens is 380 g/mol. The molecule has 1 aliphatic heterocycles. The van der Waals surface area contributed by atoms with E-state index in [9.17, 15) is 4.79 Å². The van der Waals surface area contributed by atoms with Gasteiger partial charge in [-0.15, -0.1) is 23.7 Å². The van der Waals surface area contributed by atoms with Gasteiger partial charge in [0.05, 0.1) is 17.5 Å². The van der Waals surface area contributed by atoms with Crippen LogP contribution in [0.5, 0.6) is 0 Å². The molecule has 0 spiro atoms. The Balaban J connectivity index is 0.00000161. The zero-order valence-electron chi connectivity index (χ0n) is 11.0. The number of hydrogen-bond acceptors (Lipinski definition) is 6. The lowest BCUT2D eigenvalue weighted by atomic mass is 10.2. The normalized spacial score (nSPS) is 17.5. The second kappa shape index (κ2) is 7.35. The highest BCUT2D eigenvalue weighted by molar-refractivity contribution is 9.10. The first kappa shape index (κ1) is 16.4. The fraction of sp³-hybridized carbons (Fsp3) is 0.417. The molecule has 1 fully saturated rings. The monoisotopic (exact) mass is 392 g/mol. The van der Waals surface area contributed by atoms with Crippen molar-refractivity contribution in [2.45, 2.75) is 25.4 Å². The molecule has 1 unspecified atom stereocenters. The Labute approximate surface area is 140 Å². The first-order valence-electron chi connectivity index (χ1n) is 6.30. The summed E-state index contributed by atoms with van der Waals surface area (Å²) >= 11 is 4.92. The number of thiophene rings is 1. The van der Waals surface area contributed by atoms with Gasteiger partial charge >= 0.3 is 0 Å². The Morgan fingerprint density at radius 3 is 3.14 bits per heavy atom. The summed E-state index contributed by atoms with van der Waals surface area (Å²) in [5.41, 5.74) is 0. The van der Waals surface area contributed by atoms with Gasteiger partial charge in [0.15, 0.2) is 0 Å². The Kier molecular flexibility index (Phi) is 5.74. The largest absolute Gasteiger partial charge is 0.346 e. The molecule has 1 aliphatic rings. The summed E-state index contributed by atoms with van der Waals surface area (Å²) in [4.78, 5) is 17.0. The number of nitrogens with one attached hydrogen (secondary N) is 2. The molecule has 9 heteroatoms. The van der Waals surface area contributed by atoms with Crippen LogP contribution < -0.4 is 10.6 Å². The van der Waals surface area contributed by atoms with Crippen LogP contribution in [0.1, 0.15) is 18.7 Å². The van der Waals surface area contributed by atoms with Gasteiger partial charge in [-0.25, -0.2) is 0 Å². The third-order valence-electron chi connectivity index (χ3n) is 3.05. The van der Waals surface area contributed by atoms with Crippen molar-refractivity contribution >= 4 is 45.6 Å². The maximum absolute atomic E-state index is 11.8. The van der Waals surface area contributed by atoms with E-state index >= 15 is 0 Å². The van der Waals surface area contributed by atoms with Crippen LogP contribution in [0.15, 0.2) is 20.4 Å². The van der Waals surface area contributed by atoms with Crippen molar-refractivity contribution in [3.8, 4) is 10.7 Å². The lowest BCUT2D eigenvalue weighted by molar-refractivity contribution is -0.123. The first-order chi connectivity index (χ1) is 9.72. The molecule has 0 bridgehead atoms. The van der Waals surface area contributed by atoms with Crippen molar-refractivity contribution in [1.29, 1.82) is 0 Å². The Hall–Kier alpha value is -0.960. The molecule has 3 heterocycles. The van der Waals surface area contributed by atoms with E-state index in [2.05, 4.69) is 36.7 Å². The number of carbonyl (C=O) groups excluding carboxylic acids is 1. The van der Waals surface area contributed by atoms with E-state index in [1.807, 2.05) is 11.4 Å². The van der Waals surface area contributed by atoms with Crippen molar-refractivity contribution in [1.82, 2.24) is 20.8 Å². The zero-order valence-corrected chi connectivity index (χ0v) is 14.2. The van der Waals surface area contributed by atoms with Crippen molar-refractivity contribution < 1.29 is 9.32 Å². The minimum Gasteiger partial charge on any atom is -0.346 e. The average molecular weight is 394 g/mol. The maximum Gasteiger partial charge on any atom is 0.246 e. The van der Waals surface area contributed by atoms with Gasteiger partial charge in [-0.1, -0.05) is 5.16 Å². The van der Waals surface area contributed by atoms with E-state index in [-0.39, 0.29) is 30.9 Å². The highest BCUT2D eigenvalue weighted by atomic mass is 79.9. The number of amides is 1. The third-order valence-corrected chi connectivity index (χ3v) is 4.73. The zero-order chi connectivity index (χ0) is 13.9. The minimum atomic E-state index is -0.0920. The van der Waals surface area contributed by atoms with Crippen molar-refractivity contribution in [2.75, 3.05) is 6.54 Å². The standard InChI is InChI=1S/C12H13BrN4O2S.ClH/c13-7-4-9(20-6-7)11-16-10(19-17-11)5-15-12(18)8-2-1-3-14-8;/h4,6,8,14H,1-3,5H2,(H,15,18);1H. The number of aromatic nitrogens is 2. The molecule has 21 heavy (non-hydrogen) atoms. The van der Waals surface area contributed by atoms with Gasteiger partial charge in [-0.3, -0.25) is 4.79 Å². The summed E-state index contributed by atoms with van der Waals surface area (Å²) in [6, 6.07) is 1.84. The number of halogens is 2. The van der Waals surface area contributed by atoms with E-state index < -0.39 is 0 Å². The second-order valence-corrected chi connectivity index (χ2v) is 6.33. The number of carbonyl (C=O) groups is 1. The lowest BCUT2D eigenvalue weighted by Crippen LogP contribution is -2.40. The van der Waals surface area contributed by atoms with Gasteiger partial charge in [0.25, 0.3) is 0 Å². The Morgan fingerprint density at radius 1 is 1.62 bits per heavy atom.